The van der Waals surface area contributed by atoms with Gasteiger partial charge in [-0.15, -0.1) is 0 Å². The number of nitrogens with one attached hydrogen (secondary N) is 1. The van der Waals surface area contributed by atoms with E-state index in [2.05, 4.69) is 42.6 Å². The van der Waals surface area contributed by atoms with Gasteiger partial charge in [0.1, 0.15) is 12.2 Å². The van der Waals surface area contributed by atoms with Crippen LogP contribution in [-0.2, 0) is 13.2 Å². The first-order chi connectivity index (χ1) is 15.9. The van der Waals surface area contributed by atoms with Crippen LogP contribution in [0.25, 0.3) is 0 Å². The van der Waals surface area contributed by atoms with Gasteiger partial charge in [0.15, 0.2) is 11.5 Å². The predicted octanol–water partition coefficient (Wildman–Crippen LogP) is 4.23. The normalized spacial score (nSPS) is 10.9. The zero-order valence-corrected chi connectivity index (χ0v) is 19.4. The minimum atomic E-state index is -0.558. The Labute approximate surface area is 193 Å². The first kappa shape index (κ1) is 23.8. The van der Waals surface area contributed by atoms with Gasteiger partial charge in [-0.3, -0.25) is 9.59 Å². The Morgan fingerprint density at radius 2 is 1.88 bits per heavy atom. The van der Waals surface area contributed by atoms with Crippen molar-refractivity contribution in [3.63, 3.8) is 0 Å². The summed E-state index contributed by atoms with van der Waals surface area (Å²) in [4.78, 5) is 24.6. The number of nitrogens with zero attached hydrogens (tertiary/aromatic N) is 2. The van der Waals surface area contributed by atoms with Crippen molar-refractivity contribution in [3.05, 3.63) is 92.9 Å². The number of aryl methyl sites for hydroxylation is 3. The van der Waals surface area contributed by atoms with E-state index in [-0.39, 0.29) is 11.1 Å². The van der Waals surface area contributed by atoms with Gasteiger partial charge < -0.3 is 14.0 Å². The van der Waals surface area contributed by atoms with Crippen molar-refractivity contribution in [1.82, 2.24) is 9.99 Å². The second-order valence-electron chi connectivity index (χ2n) is 7.57. The molecule has 7 nitrogen and oxygen atoms in total. The summed E-state index contributed by atoms with van der Waals surface area (Å²) in [6.07, 6.45) is 3.14. The van der Waals surface area contributed by atoms with Crippen molar-refractivity contribution in [1.29, 1.82) is 0 Å². The summed E-state index contributed by atoms with van der Waals surface area (Å²) in [6.45, 7) is 9.26. The fourth-order valence-electron chi connectivity index (χ4n) is 3.29. The summed E-state index contributed by atoms with van der Waals surface area (Å²) in [7, 11) is 0. The molecule has 3 rings (SSSR count). The molecule has 1 aromatic heterocycles. The summed E-state index contributed by atoms with van der Waals surface area (Å²) in [5.74, 6) is 0.660. The Bertz CT molecular complexity index is 1210. The van der Waals surface area contributed by atoms with Gasteiger partial charge in [-0.25, -0.2) is 5.43 Å². The van der Waals surface area contributed by atoms with Crippen LogP contribution in [0.3, 0.4) is 0 Å². The number of amides is 1. The summed E-state index contributed by atoms with van der Waals surface area (Å²) >= 11 is 0. The molecule has 0 saturated heterocycles. The van der Waals surface area contributed by atoms with Gasteiger partial charge in [0.25, 0.3) is 11.5 Å². The molecule has 7 heteroatoms. The molecule has 0 unspecified atom stereocenters. The number of pyridine rings is 1. The van der Waals surface area contributed by atoms with Crippen molar-refractivity contribution in [3.8, 4) is 11.5 Å². The molecule has 0 radical (unpaired) electrons. The number of carbonyl (C=O) groups is 1. The molecule has 33 heavy (non-hydrogen) atoms. The molecule has 0 aliphatic carbocycles. The molecule has 0 fully saturated rings. The Morgan fingerprint density at radius 1 is 1.06 bits per heavy atom. The van der Waals surface area contributed by atoms with Crippen LogP contribution in [0.1, 0.15) is 46.5 Å². The van der Waals surface area contributed by atoms with Crippen LogP contribution in [0, 0.1) is 13.8 Å². The lowest BCUT2D eigenvalue weighted by molar-refractivity contribution is 0.0953. The molecular weight excluding hydrogens is 418 g/mol. The maximum atomic E-state index is 12.3. The summed E-state index contributed by atoms with van der Waals surface area (Å²) in [5.41, 5.74) is 6.29. The maximum absolute atomic E-state index is 12.3. The molecular formula is C26H29N3O4. The van der Waals surface area contributed by atoms with E-state index in [0.29, 0.717) is 31.3 Å². The lowest BCUT2D eigenvalue weighted by Crippen LogP contribution is -2.30. The Balaban J connectivity index is 1.70. The molecule has 1 heterocycles. The average Bonchev–Trinajstić information content (AvgIpc) is 2.81. The number of hydrogen-bond acceptors (Lipinski definition) is 5. The van der Waals surface area contributed by atoms with Crippen LogP contribution in [-0.4, -0.2) is 23.3 Å². The molecule has 0 spiro atoms. The fraction of sp³-hybridized carbons (Fsp3) is 0.269. The second-order valence-corrected chi connectivity index (χ2v) is 7.57. The minimum absolute atomic E-state index is 0.0432. The van der Waals surface area contributed by atoms with Gasteiger partial charge in [0, 0.05) is 12.7 Å². The third kappa shape index (κ3) is 6.10. The van der Waals surface area contributed by atoms with E-state index >= 15 is 0 Å². The predicted molar refractivity (Wildman–Crippen MR) is 129 cm³/mol. The third-order valence-electron chi connectivity index (χ3n) is 5.14. The standard InChI is InChI=1S/C26H29N3O4/c1-5-29-13-7-8-22(26(29)31)25(30)28-27-16-20-11-12-23(24(15-20)32-6-2)33-17-21-14-18(3)9-10-19(21)4/h7-16H,5-6,17H2,1-4H3,(H,28,30)/b27-16-. The van der Waals surface area contributed by atoms with Gasteiger partial charge in [-0.2, -0.15) is 5.10 Å². The Hall–Kier alpha value is -3.87. The molecule has 0 saturated carbocycles. The summed E-state index contributed by atoms with van der Waals surface area (Å²) in [5, 5.41) is 3.99. The zero-order valence-electron chi connectivity index (χ0n) is 19.4. The van der Waals surface area contributed by atoms with Crippen LogP contribution in [0.2, 0.25) is 0 Å². The van der Waals surface area contributed by atoms with Gasteiger partial charge >= 0.3 is 0 Å². The van der Waals surface area contributed by atoms with E-state index in [9.17, 15) is 9.59 Å². The zero-order chi connectivity index (χ0) is 23.8. The molecule has 172 valence electrons. The Morgan fingerprint density at radius 3 is 2.64 bits per heavy atom. The SMILES string of the molecule is CCOc1cc(/C=N\NC(=O)c2cccn(CC)c2=O)ccc1OCc1cc(C)ccc1C. The molecule has 1 N–H and O–H groups in total. The number of hydrogen-bond donors (Lipinski definition) is 1. The number of carbonyl (C=O) groups excluding carboxylic acids is 1. The quantitative estimate of drug-likeness (QED) is 0.393. The van der Waals surface area contributed by atoms with E-state index in [1.54, 1.807) is 18.3 Å². The summed E-state index contributed by atoms with van der Waals surface area (Å²) < 4.78 is 13.2. The highest BCUT2D eigenvalue weighted by atomic mass is 16.5. The Kier molecular flexibility index (Phi) is 8.02. The van der Waals surface area contributed by atoms with Crippen LogP contribution in [0.15, 0.2) is 64.6 Å². The van der Waals surface area contributed by atoms with Crippen LogP contribution in [0.5, 0.6) is 11.5 Å². The van der Waals surface area contributed by atoms with Gasteiger partial charge in [-0.1, -0.05) is 23.8 Å². The van der Waals surface area contributed by atoms with Crippen molar-refractivity contribution in [2.75, 3.05) is 6.61 Å². The smallest absolute Gasteiger partial charge is 0.276 e. The van der Waals surface area contributed by atoms with Crippen molar-refractivity contribution >= 4 is 12.1 Å². The molecule has 3 aromatic rings. The number of aromatic nitrogens is 1. The van der Waals surface area contributed by atoms with Gasteiger partial charge in [-0.05, 0) is 74.7 Å². The molecule has 0 bridgehead atoms. The molecule has 2 aromatic carbocycles. The lowest BCUT2D eigenvalue weighted by atomic mass is 10.1. The maximum Gasteiger partial charge on any atom is 0.276 e. The van der Waals surface area contributed by atoms with E-state index in [4.69, 9.17) is 9.47 Å². The monoisotopic (exact) mass is 447 g/mol. The highest BCUT2D eigenvalue weighted by Crippen LogP contribution is 2.29. The van der Waals surface area contributed by atoms with E-state index in [1.165, 1.54) is 28.0 Å². The number of ether oxygens (including phenoxy) is 2. The highest BCUT2D eigenvalue weighted by molar-refractivity contribution is 5.94. The number of rotatable bonds is 9. The van der Waals surface area contributed by atoms with Crippen molar-refractivity contribution in [2.24, 2.45) is 5.10 Å². The number of benzene rings is 2. The topological polar surface area (TPSA) is 81.9 Å². The average molecular weight is 448 g/mol. The first-order valence-electron chi connectivity index (χ1n) is 10.9. The van der Waals surface area contributed by atoms with Crippen LogP contribution < -0.4 is 20.5 Å². The molecule has 1 amide bonds. The van der Waals surface area contributed by atoms with E-state index in [1.807, 2.05) is 26.0 Å². The minimum Gasteiger partial charge on any atom is -0.490 e. The van der Waals surface area contributed by atoms with Crippen molar-refractivity contribution in [2.45, 2.75) is 40.8 Å². The highest BCUT2D eigenvalue weighted by Gasteiger charge is 2.11. The second kappa shape index (κ2) is 11.1. The molecule has 0 aliphatic heterocycles. The fourth-order valence-corrected chi connectivity index (χ4v) is 3.29. The van der Waals surface area contributed by atoms with Gasteiger partial charge in [0.2, 0.25) is 0 Å². The molecule has 0 aliphatic rings. The largest absolute Gasteiger partial charge is 0.490 e. The number of hydrazone groups is 1. The van der Waals surface area contributed by atoms with E-state index < -0.39 is 5.91 Å². The first-order valence-corrected chi connectivity index (χ1v) is 10.9. The van der Waals surface area contributed by atoms with E-state index in [0.717, 1.165) is 11.1 Å². The summed E-state index contributed by atoms with van der Waals surface area (Å²) in [6, 6.07) is 14.8. The lowest BCUT2D eigenvalue weighted by Gasteiger charge is -2.14. The van der Waals surface area contributed by atoms with Crippen molar-refractivity contribution < 1.29 is 14.3 Å². The van der Waals surface area contributed by atoms with Gasteiger partial charge in [0.05, 0.1) is 12.8 Å². The van der Waals surface area contributed by atoms with Crippen LogP contribution >= 0.6 is 0 Å². The third-order valence-corrected chi connectivity index (χ3v) is 5.14. The van der Waals surface area contributed by atoms with Crippen LogP contribution in [0.4, 0.5) is 0 Å². The molecule has 0 atom stereocenters.